The molecule has 1 aliphatic rings. The van der Waals surface area contributed by atoms with Gasteiger partial charge < -0.3 is 4.57 Å². The van der Waals surface area contributed by atoms with E-state index in [0.717, 1.165) is 10.2 Å². The van der Waals surface area contributed by atoms with Gasteiger partial charge in [0.05, 0.1) is 16.5 Å². The number of aryl methyl sites for hydroxylation is 1. The van der Waals surface area contributed by atoms with Crippen molar-refractivity contribution in [3.8, 4) is 0 Å². The summed E-state index contributed by atoms with van der Waals surface area (Å²) in [5.41, 5.74) is 0.819. The van der Waals surface area contributed by atoms with Crippen LogP contribution in [0.3, 0.4) is 0 Å². The molecule has 1 amide bonds. The van der Waals surface area contributed by atoms with Crippen molar-refractivity contribution in [1.82, 2.24) is 8.87 Å². The predicted octanol–water partition coefficient (Wildman–Crippen LogP) is 1.48. The first kappa shape index (κ1) is 17.2. The van der Waals surface area contributed by atoms with Gasteiger partial charge in [0.25, 0.3) is 5.91 Å². The number of thiazole rings is 1. The van der Waals surface area contributed by atoms with E-state index in [2.05, 4.69) is 4.99 Å². The molecule has 1 aromatic carbocycles. The molecule has 1 aromatic heterocycles. The summed E-state index contributed by atoms with van der Waals surface area (Å²) >= 11 is 1.26. The van der Waals surface area contributed by atoms with Gasteiger partial charge in [0, 0.05) is 26.1 Å². The highest BCUT2D eigenvalue weighted by molar-refractivity contribution is 7.88. The number of nitrogens with zero attached hydrogens (tertiary/aromatic N) is 3. The van der Waals surface area contributed by atoms with Crippen LogP contribution in [-0.2, 0) is 21.9 Å². The summed E-state index contributed by atoms with van der Waals surface area (Å²) in [6, 6.07) is 4.46. The van der Waals surface area contributed by atoms with Crippen LogP contribution in [0.25, 0.3) is 10.2 Å². The third-order valence-corrected chi connectivity index (χ3v) is 6.65. The third-order valence-electron chi connectivity index (χ3n) is 4.25. The van der Waals surface area contributed by atoms with Crippen LogP contribution < -0.4 is 4.80 Å². The lowest BCUT2D eigenvalue weighted by Crippen LogP contribution is -2.39. The van der Waals surface area contributed by atoms with Gasteiger partial charge in [-0.1, -0.05) is 11.3 Å². The van der Waals surface area contributed by atoms with Crippen molar-refractivity contribution in [3.05, 3.63) is 28.8 Å². The molecule has 1 saturated heterocycles. The van der Waals surface area contributed by atoms with E-state index in [4.69, 9.17) is 0 Å². The monoisotopic (exact) mass is 371 g/mol. The highest BCUT2D eigenvalue weighted by Gasteiger charge is 2.28. The number of carbonyl (C=O) groups excluding carboxylic acids is 1. The second-order valence-electron chi connectivity index (χ2n) is 5.94. The number of halogens is 1. The van der Waals surface area contributed by atoms with Crippen molar-refractivity contribution in [3.63, 3.8) is 0 Å². The smallest absolute Gasteiger partial charge is 0.251 e. The Morgan fingerprint density at radius 1 is 1.33 bits per heavy atom. The number of piperidine rings is 1. The zero-order valence-corrected chi connectivity index (χ0v) is 15.0. The molecule has 0 aliphatic carbocycles. The van der Waals surface area contributed by atoms with Crippen molar-refractivity contribution in [2.24, 2.45) is 18.0 Å². The van der Waals surface area contributed by atoms with Gasteiger partial charge in [-0.15, -0.1) is 0 Å². The van der Waals surface area contributed by atoms with Crippen LogP contribution in [0, 0.1) is 11.7 Å². The van der Waals surface area contributed by atoms with E-state index in [1.807, 2.05) is 0 Å². The Bertz CT molecular complexity index is 954. The minimum atomic E-state index is -3.21. The van der Waals surface area contributed by atoms with Gasteiger partial charge >= 0.3 is 0 Å². The minimum absolute atomic E-state index is 0.245. The maximum absolute atomic E-state index is 13.3. The van der Waals surface area contributed by atoms with E-state index in [1.54, 1.807) is 17.7 Å². The van der Waals surface area contributed by atoms with Crippen LogP contribution in [0.5, 0.6) is 0 Å². The van der Waals surface area contributed by atoms with Crippen molar-refractivity contribution in [2.45, 2.75) is 12.8 Å². The van der Waals surface area contributed by atoms with Gasteiger partial charge in [0.1, 0.15) is 5.82 Å². The Morgan fingerprint density at radius 3 is 2.62 bits per heavy atom. The fourth-order valence-corrected chi connectivity index (χ4v) is 4.76. The van der Waals surface area contributed by atoms with Crippen molar-refractivity contribution in [2.75, 3.05) is 19.3 Å². The second kappa shape index (κ2) is 6.38. The molecular weight excluding hydrogens is 353 g/mol. The van der Waals surface area contributed by atoms with Crippen molar-refractivity contribution >= 4 is 37.5 Å². The summed E-state index contributed by atoms with van der Waals surface area (Å²) in [5, 5.41) is 0. The lowest BCUT2D eigenvalue weighted by molar-refractivity contribution is -0.122. The van der Waals surface area contributed by atoms with E-state index in [-0.39, 0.29) is 17.6 Å². The number of carbonyl (C=O) groups is 1. The molecule has 0 spiro atoms. The maximum Gasteiger partial charge on any atom is 0.251 e. The van der Waals surface area contributed by atoms with Gasteiger partial charge in [0.15, 0.2) is 4.80 Å². The summed E-state index contributed by atoms with van der Waals surface area (Å²) in [5.74, 6) is -0.842. The van der Waals surface area contributed by atoms with Crippen LogP contribution in [-0.4, -0.2) is 42.5 Å². The molecule has 3 rings (SSSR count). The maximum atomic E-state index is 13.3. The largest absolute Gasteiger partial charge is 0.319 e. The molecule has 2 aromatic rings. The standard InChI is InChI=1S/C15H18FN3O3S2/c1-18-12-4-3-11(16)9-13(12)23-15(18)17-14(20)10-5-7-19(8-6-10)24(2,21)22/h3-4,9-10H,5-8H2,1-2H3. The number of hydrogen-bond acceptors (Lipinski definition) is 4. The molecule has 1 aliphatic heterocycles. The number of benzene rings is 1. The Balaban J connectivity index is 1.82. The fraction of sp³-hybridized carbons (Fsp3) is 0.467. The highest BCUT2D eigenvalue weighted by Crippen LogP contribution is 2.21. The normalized spacial score (nSPS) is 18.4. The van der Waals surface area contributed by atoms with Crippen LogP contribution in [0.1, 0.15) is 12.8 Å². The van der Waals surface area contributed by atoms with Gasteiger partial charge in [-0.3, -0.25) is 4.79 Å². The van der Waals surface area contributed by atoms with Crippen LogP contribution >= 0.6 is 11.3 Å². The quantitative estimate of drug-likeness (QED) is 0.803. The number of fused-ring (bicyclic) bond motifs is 1. The van der Waals surface area contributed by atoms with E-state index < -0.39 is 10.0 Å². The Morgan fingerprint density at radius 2 is 2.00 bits per heavy atom. The first-order chi connectivity index (χ1) is 11.3. The average Bonchev–Trinajstić information content (AvgIpc) is 2.82. The number of rotatable bonds is 2. The molecule has 0 radical (unpaired) electrons. The molecule has 0 atom stereocenters. The van der Waals surface area contributed by atoms with Gasteiger partial charge in [-0.05, 0) is 31.0 Å². The van der Waals surface area contributed by atoms with Crippen LogP contribution in [0.4, 0.5) is 4.39 Å². The molecule has 0 unspecified atom stereocenters. The van der Waals surface area contributed by atoms with Gasteiger partial charge in [0.2, 0.25) is 10.0 Å². The lowest BCUT2D eigenvalue weighted by atomic mass is 9.98. The zero-order valence-electron chi connectivity index (χ0n) is 13.4. The Kier molecular flexibility index (Phi) is 4.58. The number of sulfonamides is 1. The van der Waals surface area contributed by atoms with Gasteiger partial charge in [-0.2, -0.15) is 4.99 Å². The molecule has 1 fully saturated rings. The summed E-state index contributed by atoms with van der Waals surface area (Å²) in [6.45, 7) is 0.684. The lowest BCUT2D eigenvalue weighted by Gasteiger charge is -2.28. The number of hydrogen-bond donors (Lipinski definition) is 0. The molecule has 2 heterocycles. The SMILES string of the molecule is Cn1c(=NC(=O)C2CCN(S(C)(=O)=O)CC2)sc2cc(F)ccc21. The molecule has 9 heteroatoms. The summed E-state index contributed by atoms with van der Waals surface area (Å²) < 4.78 is 40.2. The predicted molar refractivity (Wildman–Crippen MR) is 90.5 cm³/mol. The molecular formula is C15H18FN3O3S2. The highest BCUT2D eigenvalue weighted by atomic mass is 32.2. The number of aromatic nitrogens is 1. The Hall–Kier alpha value is -1.58. The summed E-state index contributed by atoms with van der Waals surface area (Å²) in [6.07, 6.45) is 2.12. The second-order valence-corrected chi connectivity index (χ2v) is 8.93. The van der Waals surface area contributed by atoms with E-state index in [1.165, 1.54) is 34.0 Å². The molecule has 0 N–H and O–H groups in total. The third kappa shape index (κ3) is 3.42. The molecule has 0 saturated carbocycles. The first-order valence-electron chi connectivity index (χ1n) is 7.54. The summed E-state index contributed by atoms with van der Waals surface area (Å²) in [4.78, 5) is 17.1. The summed E-state index contributed by atoms with van der Waals surface area (Å²) in [7, 11) is -1.42. The van der Waals surface area contributed by atoms with E-state index >= 15 is 0 Å². The molecule has 24 heavy (non-hydrogen) atoms. The van der Waals surface area contributed by atoms with Crippen LogP contribution in [0.15, 0.2) is 23.2 Å². The molecule has 130 valence electrons. The van der Waals surface area contributed by atoms with Crippen molar-refractivity contribution in [1.29, 1.82) is 0 Å². The Labute approximate surface area is 143 Å². The number of amides is 1. The van der Waals surface area contributed by atoms with Gasteiger partial charge in [-0.25, -0.2) is 17.1 Å². The first-order valence-corrected chi connectivity index (χ1v) is 10.2. The van der Waals surface area contributed by atoms with E-state index in [0.29, 0.717) is 30.7 Å². The van der Waals surface area contributed by atoms with E-state index in [9.17, 15) is 17.6 Å². The fourth-order valence-electron chi connectivity index (χ4n) is 2.83. The van der Waals surface area contributed by atoms with Crippen LogP contribution in [0.2, 0.25) is 0 Å². The average molecular weight is 371 g/mol. The minimum Gasteiger partial charge on any atom is -0.319 e. The molecule has 0 bridgehead atoms. The van der Waals surface area contributed by atoms with Crippen molar-refractivity contribution < 1.29 is 17.6 Å². The zero-order chi connectivity index (χ0) is 17.5. The molecule has 6 nitrogen and oxygen atoms in total. The topological polar surface area (TPSA) is 71.7 Å².